The average molecular weight is 252 g/mol. The number of rotatable bonds is 5. The fourth-order valence-corrected chi connectivity index (χ4v) is 1.08. The van der Waals surface area contributed by atoms with Crippen molar-refractivity contribution >= 4 is 5.91 Å². The van der Waals surface area contributed by atoms with E-state index in [1.165, 1.54) is 12.3 Å². The highest BCUT2D eigenvalue weighted by atomic mass is 19.4. The third-order valence-corrected chi connectivity index (χ3v) is 1.87. The summed E-state index contributed by atoms with van der Waals surface area (Å²) >= 11 is 0. The lowest BCUT2D eigenvalue weighted by molar-refractivity contribution is -0.146. The van der Waals surface area contributed by atoms with E-state index in [0.717, 1.165) is 0 Å². The lowest BCUT2D eigenvalue weighted by atomic mass is 10.2. The van der Waals surface area contributed by atoms with Crippen molar-refractivity contribution in [1.82, 2.24) is 5.43 Å². The topological polar surface area (TPSA) is 77.5 Å². The van der Waals surface area contributed by atoms with Crippen LogP contribution < -0.4 is 11.3 Å². The van der Waals surface area contributed by atoms with Gasteiger partial charge in [0.1, 0.15) is 0 Å². The van der Waals surface area contributed by atoms with Crippen LogP contribution in [0, 0.1) is 0 Å². The van der Waals surface area contributed by atoms with Gasteiger partial charge in [0, 0.05) is 5.56 Å². The van der Waals surface area contributed by atoms with Gasteiger partial charge in [-0.25, -0.2) is 5.84 Å². The SMILES string of the molecule is NNC(=O)c1occc1COCCC(F)(F)F. The number of alkyl halides is 3. The highest BCUT2D eigenvalue weighted by Gasteiger charge is 2.26. The highest BCUT2D eigenvalue weighted by molar-refractivity contribution is 5.92. The Balaban J connectivity index is 2.42. The molecule has 1 heterocycles. The second kappa shape index (κ2) is 5.69. The number of nitrogens with two attached hydrogens (primary N) is 1. The molecule has 0 unspecified atom stereocenters. The minimum atomic E-state index is -4.26. The maximum Gasteiger partial charge on any atom is 0.391 e. The zero-order valence-corrected chi connectivity index (χ0v) is 8.71. The van der Waals surface area contributed by atoms with Gasteiger partial charge < -0.3 is 9.15 Å². The van der Waals surface area contributed by atoms with Gasteiger partial charge in [-0.15, -0.1) is 0 Å². The highest BCUT2D eigenvalue weighted by Crippen LogP contribution is 2.19. The number of furan rings is 1. The van der Waals surface area contributed by atoms with Crippen LogP contribution in [0.15, 0.2) is 16.7 Å². The molecule has 1 aromatic rings. The molecule has 3 N–H and O–H groups in total. The smallest absolute Gasteiger partial charge is 0.391 e. The molecule has 0 aliphatic heterocycles. The Labute approximate surface area is 94.7 Å². The molecule has 96 valence electrons. The van der Waals surface area contributed by atoms with E-state index in [1.54, 1.807) is 0 Å². The van der Waals surface area contributed by atoms with Crippen LogP contribution in [0.2, 0.25) is 0 Å². The third kappa shape index (κ3) is 4.45. The van der Waals surface area contributed by atoms with E-state index in [-0.39, 0.29) is 12.4 Å². The van der Waals surface area contributed by atoms with Gasteiger partial charge in [0.05, 0.1) is 25.9 Å². The van der Waals surface area contributed by atoms with Crippen molar-refractivity contribution in [1.29, 1.82) is 0 Å². The van der Waals surface area contributed by atoms with Gasteiger partial charge in [-0.2, -0.15) is 13.2 Å². The zero-order valence-electron chi connectivity index (χ0n) is 8.71. The van der Waals surface area contributed by atoms with Crippen LogP contribution in [0.5, 0.6) is 0 Å². The van der Waals surface area contributed by atoms with Crippen LogP contribution in [0.3, 0.4) is 0 Å². The number of nitrogen functional groups attached to an aromatic ring is 1. The number of halogens is 3. The Hall–Kier alpha value is -1.54. The number of nitrogens with one attached hydrogen (secondary N) is 1. The van der Waals surface area contributed by atoms with Crippen molar-refractivity contribution in [2.75, 3.05) is 6.61 Å². The Morgan fingerprint density at radius 1 is 1.53 bits per heavy atom. The first-order valence-electron chi connectivity index (χ1n) is 4.66. The molecule has 0 saturated heterocycles. The standard InChI is InChI=1S/C9H11F3N2O3/c10-9(11,12)2-4-16-5-6-1-3-17-7(6)8(15)14-13/h1,3H,2,4-5,13H2,(H,14,15). The summed E-state index contributed by atoms with van der Waals surface area (Å²) in [5, 5.41) is 0. The van der Waals surface area contributed by atoms with Crippen LogP contribution in [0.1, 0.15) is 22.5 Å². The van der Waals surface area contributed by atoms with Crippen LogP contribution in [-0.4, -0.2) is 18.7 Å². The van der Waals surface area contributed by atoms with Gasteiger partial charge in [-0.1, -0.05) is 0 Å². The van der Waals surface area contributed by atoms with Gasteiger partial charge in [-0.3, -0.25) is 10.2 Å². The van der Waals surface area contributed by atoms with E-state index in [9.17, 15) is 18.0 Å². The van der Waals surface area contributed by atoms with Crippen LogP contribution in [0.25, 0.3) is 0 Å². The molecule has 1 amide bonds. The lowest BCUT2D eigenvalue weighted by Gasteiger charge is -2.06. The Morgan fingerprint density at radius 2 is 2.24 bits per heavy atom. The fraction of sp³-hybridized carbons (Fsp3) is 0.444. The maximum absolute atomic E-state index is 11.8. The molecule has 0 atom stereocenters. The Bertz CT molecular complexity index is 376. The van der Waals surface area contributed by atoms with Crippen molar-refractivity contribution < 1.29 is 27.1 Å². The van der Waals surface area contributed by atoms with E-state index in [4.69, 9.17) is 15.0 Å². The van der Waals surface area contributed by atoms with Crippen molar-refractivity contribution in [3.8, 4) is 0 Å². The second-order valence-corrected chi connectivity index (χ2v) is 3.17. The largest absolute Gasteiger partial charge is 0.459 e. The number of hydrazine groups is 1. The van der Waals surface area contributed by atoms with E-state index < -0.39 is 25.1 Å². The maximum atomic E-state index is 11.8. The number of hydrogen-bond donors (Lipinski definition) is 2. The summed E-state index contributed by atoms with van der Waals surface area (Å²) in [5.41, 5.74) is 2.20. The number of ether oxygens (including phenoxy) is 1. The molecule has 0 aromatic carbocycles. The van der Waals surface area contributed by atoms with Crippen molar-refractivity contribution in [3.63, 3.8) is 0 Å². The fourth-order valence-electron chi connectivity index (χ4n) is 1.08. The van der Waals surface area contributed by atoms with E-state index >= 15 is 0 Å². The van der Waals surface area contributed by atoms with E-state index in [1.807, 2.05) is 5.43 Å². The van der Waals surface area contributed by atoms with Crippen molar-refractivity contribution in [3.05, 3.63) is 23.7 Å². The summed E-state index contributed by atoms with van der Waals surface area (Å²) in [6.07, 6.45) is -4.07. The van der Waals surface area contributed by atoms with Crippen molar-refractivity contribution in [2.45, 2.75) is 19.2 Å². The minimum absolute atomic E-state index is 0.0699. The molecule has 5 nitrogen and oxygen atoms in total. The van der Waals surface area contributed by atoms with Crippen LogP contribution in [-0.2, 0) is 11.3 Å². The monoisotopic (exact) mass is 252 g/mol. The summed E-state index contributed by atoms with van der Waals surface area (Å²) in [5.74, 6) is 4.16. The lowest BCUT2D eigenvalue weighted by Crippen LogP contribution is -2.30. The van der Waals surface area contributed by atoms with Crippen LogP contribution >= 0.6 is 0 Å². The predicted octanol–water partition coefficient (Wildman–Crippen LogP) is 1.35. The first-order valence-corrected chi connectivity index (χ1v) is 4.66. The molecular formula is C9H11F3N2O3. The second-order valence-electron chi connectivity index (χ2n) is 3.17. The van der Waals surface area contributed by atoms with Crippen LogP contribution in [0.4, 0.5) is 13.2 Å². The normalized spacial score (nSPS) is 11.5. The molecular weight excluding hydrogens is 241 g/mol. The minimum Gasteiger partial charge on any atom is -0.459 e. The van der Waals surface area contributed by atoms with Gasteiger partial charge in [0.15, 0.2) is 5.76 Å². The summed E-state index contributed by atoms with van der Waals surface area (Å²) in [6.45, 7) is -0.617. The number of carbonyl (C=O) groups is 1. The first-order chi connectivity index (χ1) is 7.94. The number of carbonyl (C=O) groups excluding carboxylic acids is 1. The number of amides is 1. The quantitative estimate of drug-likeness (QED) is 0.359. The molecule has 0 aliphatic carbocycles. The first kappa shape index (κ1) is 13.5. The molecule has 8 heteroatoms. The van der Waals surface area contributed by atoms with E-state index in [2.05, 4.69) is 0 Å². The van der Waals surface area contributed by atoms with Gasteiger partial charge >= 0.3 is 12.1 Å². The molecule has 1 aromatic heterocycles. The predicted molar refractivity (Wildman–Crippen MR) is 50.7 cm³/mol. The Morgan fingerprint density at radius 3 is 2.82 bits per heavy atom. The van der Waals surface area contributed by atoms with Gasteiger partial charge in [0.25, 0.3) is 0 Å². The molecule has 0 spiro atoms. The summed E-state index contributed by atoms with van der Waals surface area (Å²) < 4.78 is 45.0. The summed E-state index contributed by atoms with van der Waals surface area (Å²) in [4.78, 5) is 11.1. The van der Waals surface area contributed by atoms with Gasteiger partial charge in [0.2, 0.25) is 0 Å². The summed E-state index contributed by atoms with van der Waals surface area (Å²) in [7, 11) is 0. The average Bonchev–Trinajstić information content (AvgIpc) is 2.70. The molecule has 0 fully saturated rings. The third-order valence-electron chi connectivity index (χ3n) is 1.87. The molecule has 0 saturated carbocycles. The molecule has 0 radical (unpaired) electrons. The molecule has 17 heavy (non-hydrogen) atoms. The molecule has 0 aliphatic rings. The van der Waals surface area contributed by atoms with Gasteiger partial charge in [-0.05, 0) is 6.07 Å². The number of hydrogen-bond acceptors (Lipinski definition) is 4. The molecule has 1 rings (SSSR count). The van der Waals surface area contributed by atoms with Crippen molar-refractivity contribution in [2.24, 2.45) is 5.84 Å². The Kier molecular flexibility index (Phi) is 4.53. The molecule has 0 bridgehead atoms. The van der Waals surface area contributed by atoms with E-state index in [0.29, 0.717) is 5.56 Å². The zero-order chi connectivity index (χ0) is 12.9. The summed E-state index contributed by atoms with van der Waals surface area (Å²) in [6, 6.07) is 1.43.